The molecule has 9 heteroatoms. The number of amides is 2. The molecule has 37 heavy (non-hydrogen) atoms. The van der Waals surface area contributed by atoms with E-state index in [2.05, 4.69) is 9.80 Å². The molecule has 0 atom stereocenters. The molecule has 3 aliphatic rings. The largest absolute Gasteiger partial charge is 0.459 e. The Balaban J connectivity index is 1.29. The number of carbonyl (C=O) groups excluding carboxylic acids is 3. The molecule has 0 aromatic rings. The lowest BCUT2D eigenvalue weighted by atomic mass is 9.92. The molecule has 0 radical (unpaired) electrons. The Morgan fingerprint density at radius 1 is 0.838 bits per heavy atom. The molecule has 0 bridgehead atoms. The van der Waals surface area contributed by atoms with E-state index in [0.29, 0.717) is 25.0 Å². The zero-order valence-corrected chi connectivity index (χ0v) is 24.1. The number of piperazine rings is 1. The number of hydrogen-bond donors (Lipinski definition) is 0. The van der Waals surface area contributed by atoms with Crippen LogP contribution in [0.5, 0.6) is 0 Å². The van der Waals surface area contributed by atoms with Gasteiger partial charge in [0.05, 0.1) is 13.1 Å². The van der Waals surface area contributed by atoms with Crippen LogP contribution in [-0.2, 0) is 19.1 Å². The Labute approximate surface area is 223 Å². The Morgan fingerprint density at radius 2 is 1.46 bits per heavy atom. The Morgan fingerprint density at radius 3 is 2.03 bits per heavy atom. The van der Waals surface area contributed by atoms with E-state index < -0.39 is 11.2 Å². The van der Waals surface area contributed by atoms with E-state index >= 15 is 0 Å². The number of rotatable bonds is 7. The fraction of sp³-hybridized carbons (Fsp3) is 0.893. The lowest BCUT2D eigenvalue weighted by Gasteiger charge is -2.42. The SMILES string of the molecule is CC(C)(C)OC(=O)CN1CCC(N2CCN(CCCC3CCN(C(=O)OC(C)(C)C)CC3)C(=O)C2)CC1. The second-order valence-electron chi connectivity index (χ2n) is 13.0. The standard InChI is InChI=1S/C28H50N4O5/c1-27(2,3)36-25(34)21-29-14-11-23(12-15-29)32-19-18-30(24(33)20-32)13-7-8-22-9-16-31(17-10-22)26(35)37-28(4,5)6/h22-23H,7-21H2,1-6H3. The van der Waals surface area contributed by atoms with Crippen molar-refractivity contribution in [2.45, 2.75) is 97.3 Å². The quantitative estimate of drug-likeness (QED) is 0.474. The maximum absolute atomic E-state index is 12.9. The summed E-state index contributed by atoms with van der Waals surface area (Å²) < 4.78 is 10.9. The first kappa shape index (κ1) is 29.7. The van der Waals surface area contributed by atoms with E-state index in [1.54, 1.807) is 0 Å². The molecule has 0 aromatic heterocycles. The average molecular weight is 523 g/mol. The Bertz CT molecular complexity index is 774. The predicted molar refractivity (Wildman–Crippen MR) is 143 cm³/mol. The normalized spacial score (nSPS) is 21.8. The van der Waals surface area contributed by atoms with Gasteiger partial charge in [0.1, 0.15) is 11.2 Å². The molecule has 0 N–H and O–H groups in total. The molecular formula is C28H50N4O5. The topological polar surface area (TPSA) is 82.6 Å². The summed E-state index contributed by atoms with van der Waals surface area (Å²) in [7, 11) is 0. The summed E-state index contributed by atoms with van der Waals surface area (Å²) in [4.78, 5) is 45.6. The van der Waals surface area contributed by atoms with Gasteiger partial charge in [-0.2, -0.15) is 0 Å². The van der Waals surface area contributed by atoms with Crippen molar-refractivity contribution in [2.24, 2.45) is 5.92 Å². The summed E-state index contributed by atoms with van der Waals surface area (Å²) in [6.45, 7) is 18.0. The summed E-state index contributed by atoms with van der Waals surface area (Å²) in [6, 6.07) is 0.413. The van der Waals surface area contributed by atoms with Gasteiger partial charge in [-0.15, -0.1) is 0 Å². The van der Waals surface area contributed by atoms with E-state index in [1.165, 1.54) is 0 Å². The van der Waals surface area contributed by atoms with Gasteiger partial charge in [-0.05, 0) is 86.0 Å². The number of piperidine rings is 2. The van der Waals surface area contributed by atoms with Crippen LogP contribution < -0.4 is 0 Å². The van der Waals surface area contributed by atoms with Crippen LogP contribution in [0.3, 0.4) is 0 Å². The number of carbonyl (C=O) groups is 3. The molecule has 3 aliphatic heterocycles. The number of esters is 1. The minimum absolute atomic E-state index is 0.164. The number of likely N-dealkylation sites (tertiary alicyclic amines) is 2. The van der Waals surface area contributed by atoms with Crippen molar-refractivity contribution >= 4 is 18.0 Å². The third kappa shape index (κ3) is 10.1. The van der Waals surface area contributed by atoms with Gasteiger partial charge < -0.3 is 19.3 Å². The van der Waals surface area contributed by atoms with Crippen molar-refractivity contribution < 1.29 is 23.9 Å². The van der Waals surface area contributed by atoms with Crippen LogP contribution in [0.15, 0.2) is 0 Å². The molecule has 0 aliphatic carbocycles. The summed E-state index contributed by atoms with van der Waals surface area (Å²) in [5.41, 5.74) is -0.904. The van der Waals surface area contributed by atoms with Crippen LogP contribution in [-0.4, -0.2) is 114 Å². The van der Waals surface area contributed by atoms with Gasteiger partial charge >= 0.3 is 12.1 Å². The fourth-order valence-electron chi connectivity index (χ4n) is 5.58. The van der Waals surface area contributed by atoms with Crippen LogP contribution in [0, 0.1) is 5.92 Å². The average Bonchev–Trinajstić information content (AvgIpc) is 2.78. The second kappa shape index (κ2) is 12.8. The molecule has 3 fully saturated rings. The first-order valence-electron chi connectivity index (χ1n) is 14.2. The minimum Gasteiger partial charge on any atom is -0.459 e. The monoisotopic (exact) mass is 522 g/mol. The van der Waals surface area contributed by atoms with Crippen molar-refractivity contribution in [3.05, 3.63) is 0 Å². The maximum atomic E-state index is 12.9. The smallest absolute Gasteiger partial charge is 0.410 e. The van der Waals surface area contributed by atoms with Gasteiger partial charge in [-0.3, -0.25) is 19.4 Å². The third-order valence-electron chi connectivity index (χ3n) is 7.50. The number of ether oxygens (including phenoxy) is 2. The van der Waals surface area contributed by atoms with E-state index in [-0.39, 0.29) is 18.0 Å². The van der Waals surface area contributed by atoms with Gasteiger partial charge in [-0.25, -0.2) is 4.79 Å². The van der Waals surface area contributed by atoms with Crippen LogP contribution in [0.4, 0.5) is 4.79 Å². The highest BCUT2D eigenvalue weighted by Crippen LogP contribution is 2.24. The highest BCUT2D eigenvalue weighted by atomic mass is 16.6. The Hall–Kier alpha value is -1.87. The summed E-state index contributed by atoms with van der Waals surface area (Å²) in [5.74, 6) is 0.687. The van der Waals surface area contributed by atoms with Crippen molar-refractivity contribution in [1.82, 2.24) is 19.6 Å². The lowest BCUT2D eigenvalue weighted by molar-refractivity contribution is -0.156. The van der Waals surface area contributed by atoms with E-state index in [0.717, 1.165) is 84.3 Å². The first-order valence-corrected chi connectivity index (χ1v) is 14.2. The van der Waals surface area contributed by atoms with E-state index in [4.69, 9.17) is 9.47 Å². The van der Waals surface area contributed by atoms with E-state index in [9.17, 15) is 14.4 Å². The van der Waals surface area contributed by atoms with Gasteiger partial charge in [0.2, 0.25) is 5.91 Å². The molecule has 0 saturated carbocycles. The molecule has 2 amide bonds. The highest BCUT2D eigenvalue weighted by Gasteiger charge is 2.32. The van der Waals surface area contributed by atoms with Crippen molar-refractivity contribution in [1.29, 1.82) is 0 Å². The molecule has 3 saturated heterocycles. The molecule has 3 heterocycles. The molecular weight excluding hydrogens is 472 g/mol. The highest BCUT2D eigenvalue weighted by molar-refractivity contribution is 5.79. The summed E-state index contributed by atoms with van der Waals surface area (Å²) in [6.07, 6.45) is 5.90. The minimum atomic E-state index is -0.455. The maximum Gasteiger partial charge on any atom is 0.410 e. The second-order valence-corrected chi connectivity index (χ2v) is 13.0. The van der Waals surface area contributed by atoms with Gasteiger partial charge in [0.25, 0.3) is 0 Å². The van der Waals surface area contributed by atoms with Crippen molar-refractivity contribution in [3.63, 3.8) is 0 Å². The molecule has 9 nitrogen and oxygen atoms in total. The lowest BCUT2D eigenvalue weighted by Crippen LogP contribution is -2.56. The van der Waals surface area contributed by atoms with E-state index in [1.807, 2.05) is 51.3 Å². The van der Waals surface area contributed by atoms with Crippen LogP contribution in [0.1, 0.15) is 80.1 Å². The predicted octanol–water partition coefficient (Wildman–Crippen LogP) is 3.36. The van der Waals surface area contributed by atoms with Crippen molar-refractivity contribution in [2.75, 3.05) is 58.9 Å². The zero-order valence-electron chi connectivity index (χ0n) is 24.1. The van der Waals surface area contributed by atoms with Crippen LogP contribution in [0.2, 0.25) is 0 Å². The van der Waals surface area contributed by atoms with Crippen LogP contribution >= 0.6 is 0 Å². The molecule has 0 unspecified atom stereocenters. The van der Waals surface area contributed by atoms with Gasteiger partial charge in [0.15, 0.2) is 0 Å². The van der Waals surface area contributed by atoms with Crippen molar-refractivity contribution in [3.8, 4) is 0 Å². The third-order valence-corrected chi connectivity index (χ3v) is 7.50. The summed E-state index contributed by atoms with van der Waals surface area (Å²) >= 11 is 0. The molecule has 0 spiro atoms. The van der Waals surface area contributed by atoms with Gasteiger partial charge in [-0.1, -0.05) is 0 Å². The molecule has 0 aromatic carbocycles. The number of hydrogen-bond acceptors (Lipinski definition) is 7. The molecule has 3 rings (SSSR count). The molecule has 212 valence electrons. The Kier molecular flexibility index (Phi) is 10.3. The fourth-order valence-corrected chi connectivity index (χ4v) is 5.58. The van der Waals surface area contributed by atoms with Crippen LogP contribution in [0.25, 0.3) is 0 Å². The number of nitrogens with zero attached hydrogens (tertiary/aromatic N) is 4. The zero-order chi connectivity index (χ0) is 27.2. The first-order chi connectivity index (χ1) is 17.3. The summed E-state index contributed by atoms with van der Waals surface area (Å²) in [5, 5.41) is 0. The van der Waals surface area contributed by atoms with Gasteiger partial charge in [0, 0.05) is 51.9 Å².